The van der Waals surface area contributed by atoms with Gasteiger partial charge in [0.2, 0.25) is 11.8 Å². The summed E-state index contributed by atoms with van der Waals surface area (Å²) < 4.78 is 0. The molecule has 3 N–H and O–H groups in total. The highest BCUT2D eigenvalue weighted by Crippen LogP contribution is 2.16. The molecule has 1 aromatic rings. The first-order valence-corrected chi connectivity index (χ1v) is 10.2. The van der Waals surface area contributed by atoms with Gasteiger partial charge in [-0.15, -0.1) is 0 Å². The Hall–Kier alpha value is -1.63. The Morgan fingerprint density at radius 3 is 2.70 bits per heavy atom. The van der Waals surface area contributed by atoms with Crippen LogP contribution in [0.25, 0.3) is 0 Å². The maximum Gasteiger partial charge on any atom is 0.237 e. The van der Waals surface area contributed by atoms with E-state index in [-0.39, 0.29) is 17.9 Å². The van der Waals surface area contributed by atoms with E-state index in [1.54, 1.807) is 0 Å². The van der Waals surface area contributed by atoms with Crippen LogP contribution in [0.3, 0.4) is 0 Å². The van der Waals surface area contributed by atoms with Crippen molar-refractivity contribution in [2.45, 2.75) is 38.3 Å². The summed E-state index contributed by atoms with van der Waals surface area (Å²) in [6.45, 7) is 4.33. The Balaban J connectivity index is 1.36. The second kappa shape index (κ2) is 10.1. The molecule has 148 valence electrons. The van der Waals surface area contributed by atoms with Gasteiger partial charge in [0.05, 0.1) is 12.6 Å². The maximum atomic E-state index is 12.2. The Kier molecular flexibility index (Phi) is 7.50. The molecule has 0 aliphatic carbocycles. The topological polar surface area (TPSA) is 73.5 Å². The van der Waals surface area contributed by atoms with Gasteiger partial charge in [0, 0.05) is 24.7 Å². The van der Waals surface area contributed by atoms with Gasteiger partial charge in [0.15, 0.2) is 0 Å². The molecule has 0 radical (unpaired) electrons. The lowest BCUT2D eigenvalue weighted by molar-refractivity contribution is -0.124. The zero-order chi connectivity index (χ0) is 19.1. The second-order valence-electron chi connectivity index (χ2n) is 7.54. The standard InChI is InChI=1S/C20H29ClN4O2/c21-17-7-5-15(6-8-17)11-23-19(26)14-25-10-2-3-16(13-25)12-24-20(27)18-4-1-9-22-18/h5-8,16,18,22H,1-4,9-14H2,(H,23,26)(H,24,27). The molecule has 1 aromatic carbocycles. The lowest BCUT2D eigenvalue weighted by atomic mass is 9.98. The summed E-state index contributed by atoms with van der Waals surface area (Å²) in [4.78, 5) is 26.6. The van der Waals surface area contributed by atoms with E-state index in [1.807, 2.05) is 24.3 Å². The van der Waals surface area contributed by atoms with E-state index in [4.69, 9.17) is 11.6 Å². The van der Waals surface area contributed by atoms with Gasteiger partial charge in [0.1, 0.15) is 0 Å². The molecule has 2 aliphatic rings. The molecular formula is C20H29ClN4O2. The van der Waals surface area contributed by atoms with Gasteiger partial charge in [-0.3, -0.25) is 14.5 Å². The highest BCUT2D eigenvalue weighted by molar-refractivity contribution is 6.30. The number of nitrogens with zero attached hydrogens (tertiary/aromatic N) is 1. The molecule has 2 heterocycles. The number of piperidine rings is 1. The van der Waals surface area contributed by atoms with E-state index < -0.39 is 0 Å². The lowest BCUT2D eigenvalue weighted by Gasteiger charge is -2.32. The van der Waals surface area contributed by atoms with Crippen LogP contribution in [0.2, 0.25) is 5.02 Å². The van der Waals surface area contributed by atoms with Gasteiger partial charge in [-0.2, -0.15) is 0 Å². The Bertz CT molecular complexity index is 631. The van der Waals surface area contributed by atoms with Crippen molar-refractivity contribution in [2.24, 2.45) is 5.92 Å². The second-order valence-corrected chi connectivity index (χ2v) is 7.98. The summed E-state index contributed by atoms with van der Waals surface area (Å²) in [7, 11) is 0. The third kappa shape index (κ3) is 6.48. The van der Waals surface area contributed by atoms with Crippen molar-refractivity contribution >= 4 is 23.4 Å². The lowest BCUT2D eigenvalue weighted by Crippen LogP contribution is -2.47. The minimum absolute atomic E-state index is 0.0247. The third-order valence-corrected chi connectivity index (χ3v) is 5.57. The monoisotopic (exact) mass is 392 g/mol. The molecule has 2 fully saturated rings. The predicted molar refractivity (Wildman–Crippen MR) is 106 cm³/mol. The molecule has 2 saturated heterocycles. The van der Waals surface area contributed by atoms with Crippen molar-refractivity contribution < 1.29 is 9.59 Å². The van der Waals surface area contributed by atoms with Crippen LogP contribution in [-0.2, 0) is 16.1 Å². The molecule has 6 nitrogen and oxygen atoms in total. The SMILES string of the molecule is O=C(CN1CCCC(CNC(=O)C2CCCN2)C1)NCc1ccc(Cl)cc1. The summed E-state index contributed by atoms with van der Waals surface area (Å²) in [5, 5.41) is 9.97. The molecule has 0 aromatic heterocycles. The van der Waals surface area contributed by atoms with Crippen LogP contribution < -0.4 is 16.0 Å². The van der Waals surface area contributed by atoms with E-state index in [0.29, 0.717) is 30.6 Å². The first-order valence-electron chi connectivity index (χ1n) is 9.85. The molecule has 3 rings (SSSR count). The number of likely N-dealkylation sites (tertiary alicyclic amines) is 1. The fourth-order valence-corrected chi connectivity index (χ4v) is 3.93. The maximum absolute atomic E-state index is 12.2. The average Bonchev–Trinajstić information content (AvgIpc) is 3.21. The highest BCUT2D eigenvalue weighted by Gasteiger charge is 2.25. The number of carbonyl (C=O) groups excluding carboxylic acids is 2. The van der Waals surface area contributed by atoms with Crippen molar-refractivity contribution in [1.82, 2.24) is 20.9 Å². The van der Waals surface area contributed by atoms with E-state index in [0.717, 1.165) is 50.9 Å². The highest BCUT2D eigenvalue weighted by atomic mass is 35.5. The van der Waals surface area contributed by atoms with E-state index >= 15 is 0 Å². The van der Waals surface area contributed by atoms with Gasteiger partial charge < -0.3 is 16.0 Å². The fraction of sp³-hybridized carbons (Fsp3) is 0.600. The van der Waals surface area contributed by atoms with E-state index in [9.17, 15) is 9.59 Å². The smallest absolute Gasteiger partial charge is 0.237 e. The number of nitrogens with one attached hydrogen (secondary N) is 3. The molecule has 7 heteroatoms. The molecule has 2 amide bonds. The van der Waals surface area contributed by atoms with Gasteiger partial charge in [-0.05, 0) is 62.4 Å². The minimum atomic E-state index is -0.0247. The number of amides is 2. The molecule has 0 bridgehead atoms. The van der Waals surface area contributed by atoms with E-state index in [2.05, 4.69) is 20.9 Å². The van der Waals surface area contributed by atoms with Gasteiger partial charge in [-0.1, -0.05) is 23.7 Å². The number of hydrogen-bond donors (Lipinski definition) is 3. The average molecular weight is 393 g/mol. The van der Waals surface area contributed by atoms with Crippen LogP contribution in [0, 0.1) is 5.92 Å². The Morgan fingerprint density at radius 1 is 1.15 bits per heavy atom. The molecule has 0 spiro atoms. The normalized spacial score (nSPS) is 23.1. The van der Waals surface area contributed by atoms with Crippen molar-refractivity contribution in [3.8, 4) is 0 Å². The molecular weight excluding hydrogens is 364 g/mol. The number of benzene rings is 1. The van der Waals surface area contributed by atoms with Crippen LogP contribution >= 0.6 is 11.6 Å². The number of carbonyl (C=O) groups is 2. The summed E-state index contributed by atoms with van der Waals surface area (Å²) in [5.41, 5.74) is 1.03. The largest absolute Gasteiger partial charge is 0.354 e. The van der Waals surface area contributed by atoms with Crippen molar-refractivity contribution in [1.29, 1.82) is 0 Å². The zero-order valence-electron chi connectivity index (χ0n) is 15.7. The van der Waals surface area contributed by atoms with Gasteiger partial charge in [-0.25, -0.2) is 0 Å². The van der Waals surface area contributed by atoms with E-state index in [1.165, 1.54) is 0 Å². The summed E-state index contributed by atoms with van der Waals surface area (Å²) in [6, 6.07) is 7.47. The molecule has 2 atom stereocenters. The fourth-order valence-electron chi connectivity index (χ4n) is 3.80. The first kappa shape index (κ1) is 20.1. The Morgan fingerprint density at radius 2 is 1.96 bits per heavy atom. The summed E-state index contributed by atoms with van der Waals surface area (Å²) in [5.74, 6) is 0.559. The van der Waals surface area contributed by atoms with Crippen LogP contribution in [0.1, 0.15) is 31.2 Å². The quantitative estimate of drug-likeness (QED) is 0.658. The number of halogens is 1. The van der Waals surface area contributed by atoms with Gasteiger partial charge in [0.25, 0.3) is 0 Å². The summed E-state index contributed by atoms with van der Waals surface area (Å²) >= 11 is 5.88. The number of rotatable bonds is 7. The third-order valence-electron chi connectivity index (χ3n) is 5.32. The molecule has 2 unspecified atom stereocenters. The van der Waals surface area contributed by atoms with Crippen molar-refractivity contribution in [3.63, 3.8) is 0 Å². The van der Waals surface area contributed by atoms with Crippen LogP contribution in [0.5, 0.6) is 0 Å². The van der Waals surface area contributed by atoms with Crippen LogP contribution in [0.15, 0.2) is 24.3 Å². The number of hydrogen-bond acceptors (Lipinski definition) is 4. The predicted octanol–water partition coefficient (Wildman–Crippen LogP) is 1.54. The molecule has 27 heavy (non-hydrogen) atoms. The van der Waals surface area contributed by atoms with Crippen LogP contribution in [-0.4, -0.2) is 55.5 Å². The zero-order valence-corrected chi connectivity index (χ0v) is 16.4. The first-order chi connectivity index (χ1) is 13.1. The minimum Gasteiger partial charge on any atom is -0.354 e. The molecule has 2 aliphatic heterocycles. The van der Waals surface area contributed by atoms with Crippen molar-refractivity contribution in [2.75, 3.05) is 32.7 Å². The Labute approximate surface area is 166 Å². The van der Waals surface area contributed by atoms with Gasteiger partial charge >= 0.3 is 0 Å². The molecule has 0 saturated carbocycles. The summed E-state index contributed by atoms with van der Waals surface area (Å²) in [6.07, 6.45) is 4.16. The van der Waals surface area contributed by atoms with Crippen LogP contribution in [0.4, 0.5) is 0 Å². The van der Waals surface area contributed by atoms with Crippen molar-refractivity contribution in [3.05, 3.63) is 34.9 Å².